The molecule has 0 atom stereocenters. The van der Waals surface area contributed by atoms with Crippen LogP contribution in [0.1, 0.15) is 0 Å². The Morgan fingerprint density at radius 2 is 0.982 bits per heavy atom. The maximum atomic E-state index is 5.07. The molecule has 0 amide bonds. The topological polar surface area (TPSA) is 16.1 Å². The van der Waals surface area contributed by atoms with Gasteiger partial charge in [-0.2, -0.15) is 0 Å². The van der Waals surface area contributed by atoms with E-state index in [0.29, 0.717) is 0 Å². The first-order valence-corrected chi connectivity index (χ1v) is 20.8. The molecule has 2 aromatic heterocycles. The van der Waals surface area contributed by atoms with Gasteiger partial charge in [-0.25, -0.2) is 4.98 Å². The summed E-state index contributed by atoms with van der Waals surface area (Å²) in [6.07, 6.45) is 0. The van der Waals surface area contributed by atoms with Crippen molar-refractivity contribution in [2.45, 2.75) is 0 Å². The van der Waals surface area contributed by atoms with Crippen molar-refractivity contribution in [2.75, 3.05) is 4.90 Å². The van der Waals surface area contributed by atoms with Gasteiger partial charge in [0, 0.05) is 42.8 Å². The van der Waals surface area contributed by atoms with Crippen molar-refractivity contribution in [2.24, 2.45) is 0 Å². The van der Waals surface area contributed by atoms with Crippen LogP contribution in [-0.2, 0) is 0 Å². The monoisotopic (exact) mass is 762 g/mol. The zero-order valence-corrected chi connectivity index (χ0v) is 32.5. The highest BCUT2D eigenvalue weighted by Crippen LogP contribution is 2.46. The van der Waals surface area contributed by atoms with Gasteiger partial charge in [-0.05, 0) is 98.8 Å². The zero-order valence-electron chi connectivity index (χ0n) is 30.8. The second-order valence-corrected chi connectivity index (χ2v) is 16.4. The lowest BCUT2D eigenvalue weighted by molar-refractivity contribution is 1.29. The van der Waals surface area contributed by atoms with Crippen LogP contribution in [0.5, 0.6) is 0 Å². The maximum Gasteiger partial charge on any atom is 0.124 e. The Balaban J connectivity index is 1.09. The molecule has 0 aliphatic rings. The fourth-order valence-corrected chi connectivity index (χ4v) is 10.4. The number of aromatic nitrogens is 1. The van der Waals surface area contributed by atoms with Crippen LogP contribution in [0.3, 0.4) is 0 Å². The molecular formula is C53H34N2S2. The third-order valence-electron chi connectivity index (χ3n) is 10.9. The number of thiophene rings is 1. The van der Waals surface area contributed by atoms with Crippen LogP contribution in [0.2, 0.25) is 0 Å². The van der Waals surface area contributed by atoms with E-state index >= 15 is 0 Å². The van der Waals surface area contributed by atoms with Crippen LogP contribution < -0.4 is 4.90 Å². The van der Waals surface area contributed by atoms with Crippen molar-refractivity contribution in [3.05, 3.63) is 206 Å². The van der Waals surface area contributed by atoms with Gasteiger partial charge in [0.2, 0.25) is 0 Å². The Morgan fingerprint density at radius 1 is 0.368 bits per heavy atom. The van der Waals surface area contributed by atoms with E-state index in [0.717, 1.165) is 33.1 Å². The van der Waals surface area contributed by atoms with E-state index in [1.165, 1.54) is 69.0 Å². The summed E-state index contributed by atoms with van der Waals surface area (Å²) in [4.78, 5) is 7.48. The fourth-order valence-electron chi connectivity index (χ4n) is 8.09. The molecular weight excluding hydrogens is 729 g/mol. The Kier molecular flexibility index (Phi) is 8.24. The van der Waals surface area contributed by atoms with Gasteiger partial charge in [0.15, 0.2) is 0 Å². The van der Waals surface area contributed by atoms with Crippen molar-refractivity contribution in [3.8, 4) is 44.0 Å². The standard InChI is InChI=1S/C53H34N2S2/c1-4-12-35(13-5-1)37-22-24-42(25-23-37)55(43-26-28-45(38-15-6-2-7-16-38)47(33-43)41-21-20-36-14-10-11-19-40(36)32-41)44-27-29-46-50(34-44)56-49-31-30-48-52(51(46)49)57-53(54-48)39-17-8-3-9-18-39/h1-34H. The van der Waals surface area contributed by atoms with Crippen LogP contribution in [0.25, 0.3) is 85.1 Å². The molecule has 0 aliphatic heterocycles. The van der Waals surface area contributed by atoms with Crippen LogP contribution in [0.15, 0.2) is 206 Å². The molecule has 0 bridgehead atoms. The summed E-state index contributed by atoms with van der Waals surface area (Å²) in [6, 6.07) is 74.6. The average Bonchev–Trinajstić information content (AvgIpc) is 3.89. The van der Waals surface area contributed by atoms with E-state index in [-0.39, 0.29) is 0 Å². The normalized spacial score (nSPS) is 11.5. The van der Waals surface area contributed by atoms with Crippen molar-refractivity contribution in [3.63, 3.8) is 0 Å². The number of nitrogens with zero attached hydrogens (tertiary/aromatic N) is 2. The second-order valence-electron chi connectivity index (χ2n) is 14.4. The molecule has 0 unspecified atom stereocenters. The van der Waals surface area contributed by atoms with E-state index in [9.17, 15) is 0 Å². The number of rotatable bonds is 7. The molecule has 11 aromatic rings. The number of fused-ring (bicyclic) bond motifs is 6. The largest absolute Gasteiger partial charge is 0.310 e. The molecule has 2 heterocycles. The minimum Gasteiger partial charge on any atom is -0.310 e. The van der Waals surface area contributed by atoms with Crippen molar-refractivity contribution in [1.82, 2.24) is 4.98 Å². The fraction of sp³-hybridized carbons (Fsp3) is 0. The summed E-state index contributed by atoms with van der Waals surface area (Å²) in [6.45, 7) is 0. The predicted octanol–water partition coefficient (Wildman–Crippen LogP) is 16.0. The van der Waals surface area contributed by atoms with Gasteiger partial charge in [0.1, 0.15) is 5.01 Å². The summed E-state index contributed by atoms with van der Waals surface area (Å²) in [5.41, 5.74) is 12.7. The maximum absolute atomic E-state index is 5.07. The molecule has 57 heavy (non-hydrogen) atoms. The van der Waals surface area contributed by atoms with Crippen LogP contribution in [0.4, 0.5) is 17.1 Å². The SMILES string of the molecule is c1ccc(-c2ccc(N(c3ccc(-c4ccccc4)c(-c4ccc5ccccc5c4)c3)c3ccc4c(c3)sc3ccc5nc(-c6ccccc6)sc5c34)cc2)cc1. The smallest absolute Gasteiger partial charge is 0.124 e. The summed E-state index contributed by atoms with van der Waals surface area (Å²) < 4.78 is 3.78. The molecule has 0 radical (unpaired) electrons. The van der Waals surface area contributed by atoms with E-state index in [1.807, 2.05) is 11.3 Å². The van der Waals surface area contributed by atoms with E-state index < -0.39 is 0 Å². The number of benzene rings is 9. The van der Waals surface area contributed by atoms with E-state index in [2.05, 4.69) is 211 Å². The minimum atomic E-state index is 1.05. The first-order valence-electron chi connectivity index (χ1n) is 19.2. The van der Waals surface area contributed by atoms with Crippen LogP contribution in [0, 0.1) is 0 Å². The van der Waals surface area contributed by atoms with Crippen molar-refractivity contribution < 1.29 is 0 Å². The van der Waals surface area contributed by atoms with Gasteiger partial charge in [0.25, 0.3) is 0 Å². The highest BCUT2D eigenvalue weighted by atomic mass is 32.1. The summed E-state index contributed by atoms with van der Waals surface area (Å²) in [5, 5.41) is 6.09. The lowest BCUT2D eigenvalue weighted by Gasteiger charge is -2.27. The molecule has 11 rings (SSSR count). The predicted molar refractivity (Wildman–Crippen MR) is 246 cm³/mol. The lowest BCUT2D eigenvalue weighted by Crippen LogP contribution is -2.10. The second kappa shape index (κ2) is 14.0. The van der Waals surface area contributed by atoms with Crippen LogP contribution >= 0.6 is 22.7 Å². The first-order chi connectivity index (χ1) is 28.2. The molecule has 0 saturated heterocycles. The third kappa shape index (κ3) is 6.07. The van der Waals surface area contributed by atoms with Gasteiger partial charge in [0.05, 0.1) is 10.2 Å². The van der Waals surface area contributed by atoms with Crippen LogP contribution in [-0.4, -0.2) is 4.98 Å². The quantitative estimate of drug-likeness (QED) is 0.161. The van der Waals surface area contributed by atoms with Gasteiger partial charge in [-0.3, -0.25) is 0 Å². The third-order valence-corrected chi connectivity index (χ3v) is 13.1. The van der Waals surface area contributed by atoms with Gasteiger partial charge in [-0.1, -0.05) is 152 Å². The number of anilines is 3. The van der Waals surface area contributed by atoms with Crippen molar-refractivity contribution >= 4 is 80.9 Å². The van der Waals surface area contributed by atoms with E-state index in [4.69, 9.17) is 4.98 Å². The summed E-state index contributed by atoms with van der Waals surface area (Å²) in [5.74, 6) is 0. The average molecular weight is 763 g/mol. The first kappa shape index (κ1) is 33.5. The Morgan fingerprint density at radius 3 is 1.75 bits per heavy atom. The molecule has 2 nitrogen and oxygen atoms in total. The number of thiazole rings is 1. The molecule has 0 spiro atoms. The van der Waals surface area contributed by atoms with Gasteiger partial charge < -0.3 is 4.90 Å². The number of hydrogen-bond donors (Lipinski definition) is 0. The summed E-state index contributed by atoms with van der Waals surface area (Å²) in [7, 11) is 0. The van der Waals surface area contributed by atoms with Crippen molar-refractivity contribution in [1.29, 1.82) is 0 Å². The van der Waals surface area contributed by atoms with Gasteiger partial charge >= 0.3 is 0 Å². The highest BCUT2D eigenvalue weighted by molar-refractivity contribution is 7.28. The summed E-state index contributed by atoms with van der Waals surface area (Å²) >= 11 is 3.64. The molecule has 0 saturated carbocycles. The van der Waals surface area contributed by atoms with Gasteiger partial charge in [-0.15, -0.1) is 22.7 Å². The highest BCUT2D eigenvalue weighted by Gasteiger charge is 2.20. The Labute approximate surface area is 339 Å². The molecule has 9 aromatic carbocycles. The molecule has 268 valence electrons. The molecule has 0 N–H and O–H groups in total. The lowest BCUT2D eigenvalue weighted by atomic mass is 9.92. The van der Waals surface area contributed by atoms with E-state index in [1.54, 1.807) is 11.3 Å². The molecule has 0 aliphatic carbocycles. The number of hydrogen-bond acceptors (Lipinski definition) is 4. The Hall–Kier alpha value is -6.85. The molecule has 4 heteroatoms. The Bertz CT molecular complexity index is 3220. The minimum absolute atomic E-state index is 1.05. The zero-order chi connectivity index (χ0) is 37.7. The molecule has 0 fully saturated rings.